The summed E-state index contributed by atoms with van der Waals surface area (Å²) in [7, 11) is -3.86. The Morgan fingerprint density at radius 2 is 2.05 bits per heavy atom. The number of hydrogen-bond donors (Lipinski definition) is 1. The van der Waals surface area contributed by atoms with Gasteiger partial charge in [0.2, 0.25) is 10.0 Å². The molecule has 0 aliphatic carbocycles. The number of piperidine rings is 1. The molecule has 1 aliphatic heterocycles. The van der Waals surface area contributed by atoms with Gasteiger partial charge in [0.15, 0.2) is 0 Å². The number of aliphatic carboxylic acids is 1. The number of aromatic nitrogens is 1. The summed E-state index contributed by atoms with van der Waals surface area (Å²) in [6.45, 7) is 0.228. The van der Waals surface area contributed by atoms with Crippen LogP contribution in [-0.4, -0.2) is 41.4 Å². The van der Waals surface area contributed by atoms with E-state index in [0.717, 1.165) is 10.7 Å². The van der Waals surface area contributed by atoms with E-state index in [9.17, 15) is 18.3 Å². The fraction of sp³-hybridized carbons (Fsp3) is 0.333. The summed E-state index contributed by atoms with van der Waals surface area (Å²) in [5.41, 5.74) is 0.704. The van der Waals surface area contributed by atoms with Gasteiger partial charge in [-0.05, 0) is 31.4 Å². The molecule has 1 saturated heterocycles. The standard InChI is InChI=1S/C15H16N2O4S/c18-15(19)14-7-3-4-8-17(14)22(20,21)12-9-11-5-1-2-6-13(11)16-10-12/h1-2,5-6,9-10,14H,3-4,7-8H2,(H,18,19)/t14-/m1/s1. The number of fused-ring (bicyclic) bond motifs is 1. The SMILES string of the molecule is O=C(O)[C@H]1CCCCN1S(=O)(=O)c1cnc2ccccc2c1. The van der Waals surface area contributed by atoms with Crippen LogP contribution in [0.15, 0.2) is 41.4 Å². The molecule has 1 aromatic heterocycles. The first-order valence-electron chi connectivity index (χ1n) is 7.09. The number of carboxylic acid groups (broad SMARTS) is 1. The van der Waals surface area contributed by atoms with Crippen LogP contribution in [0.3, 0.4) is 0 Å². The van der Waals surface area contributed by atoms with Gasteiger partial charge in [-0.2, -0.15) is 4.31 Å². The van der Waals surface area contributed by atoms with Crippen molar-refractivity contribution in [3.05, 3.63) is 36.5 Å². The Bertz CT molecular complexity index is 819. The summed E-state index contributed by atoms with van der Waals surface area (Å²) in [6.07, 6.45) is 3.03. The van der Waals surface area contributed by atoms with Crippen molar-refractivity contribution < 1.29 is 18.3 Å². The molecule has 1 aliphatic rings. The molecule has 0 radical (unpaired) electrons. The lowest BCUT2D eigenvalue weighted by Gasteiger charge is -2.31. The van der Waals surface area contributed by atoms with Crippen LogP contribution in [0.25, 0.3) is 10.9 Å². The maximum absolute atomic E-state index is 12.8. The van der Waals surface area contributed by atoms with Gasteiger partial charge >= 0.3 is 5.97 Å². The van der Waals surface area contributed by atoms with Crippen molar-refractivity contribution in [2.75, 3.05) is 6.54 Å². The van der Waals surface area contributed by atoms with E-state index in [-0.39, 0.29) is 11.4 Å². The predicted molar refractivity (Wildman–Crippen MR) is 80.9 cm³/mol. The lowest BCUT2D eigenvalue weighted by molar-refractivity contribution is -0.142. The fourth-order valence-corrected chi connectivity index (χ4v) is 4.40. The summed E-state index contributed by atoms with van der Waals surface area (Å²) in [6, 6.07) is 7.77. The lowest BCUT2D eigenvalue weighted by atomic mass is 10.1. The number of hydrogen-bond acceptors (Lipinski definition) is 4. The van der Waals surface area contributed by atoms with E-state index in [1.54, 1.807) is 24.3 Å². The van der Waals surface area contributed by atoms with Gasteiger partial charge in [0.05, 0.1) is 5.52 Å². The molecular weight excluding hydrogens is 304 g/mol. The van der Waals surface area contributed by atoms with Crippen molar-refractivity contribution in [1.82, 2.24) is 9.29 Å². The molecule has 3 rings (SSSR count). The first-order valence-corrected chi connectivity index (χ1v) is 8.53. The highest BCUT2D eigenvalue weighted by molar-refractivity contribution is 7.89. The van der Waals surface area contributed by atoms with Gasteiger partial charge in [-0.25, -0.2) is 8.42 Å². The van der Waals surface area contributed by atoms with Crippen LogP contribution in [0.4, 0.5) is 0 Å². The van der Waals surface area contributed by atoms with Crippen LogP contribution in [0.5, 0.6) is 0 Å². The van der Waals surface area contributed by atoms with Gasteiger partial charge in [0.1, 0.15) is 10.9 Å². The van der Waals surface area contributed by atoms with E-state index in [4.69, 9.17) is 0 Å². The number of carbonyl (C=O) groups is 1. The van der Waals surface area contributed by atoms with Crippen molar-refractivity contribution in [2.24, 2.45) is 0 Å². The highest BCUT2D eigenvalue weighted by atomic mass is 32.2. The summed E-state index contributed by atoms with van der Waals surface area (Å²) in [4.78, 5) is 15.5. The topological polar surface area (TPSA) is 87.6 Å². The van der Waals surface area contributed by atoms with E-state index in [1.165, 1.54) is 6.20 Å². The smallest absolute Gasteiger partial charge is 0.322 e. The highest BCUT2D eigenvalue weighted by Crippen LogP contribution is 2.26. The molecule has 2 aromatic rings. The van der Waals surface area contributed by atoms with Gasteiger partial charge in [0, 0.05) is 18.1 Å². The van der Waals surface area contributed by atoms with Crippen molar-refractivity contribution in [3.63, 3.8) is 0 Å². The molecule has 116 valence electrons. The van der Waals surface area contributed by atoms with Crippen molar-refractivity contribution in [3.8, 4) is 0 Å². The van der Waals surface area contributed by atoms with Crippen molar-refractivity contribution in [1.29, 1.82) is 0 Å². The number of benzene rings is 1. The minimum atomic E-state index is -3.86. The van der Waals surface area contributed by atoms with Gasteiger partial charge < -0.3 is 5.11 Å². The van der Waals surface area contributed by atoms with E-state index >= 15 is 0 Å². The van der Waals surface area contributed by atoms with Crippen LogP contribution in [-0.2, 0) is 14.8 Å². The molecule has 1 aromatic carbocycles. The quantitative estimate of drug-likeness (QED) is 0.932. The second-order valence-corrected chi connectivity index (χ2v) is 7.22. The molecule has 22 heavy (non-hydrogen) atoms. The average molecular weight is 320 g/mol. The molecule has 0 amide bonds. The molecule has 0 bridgehead atoms. The average Bonchev–Trinajstić information content (AvgIpc) is 2.54. The molecule has 6 nitrogen and oxygen atoms in total. The summed E-state index contributed by atoms with van der Waals surface area (Å²) in [5, 5.41) is 9.98. The molecule has 7 heteroatoms. The third kappa shape index (κ3) is 2.57. The number of pyridine rings is 1. The van der Waals surface area contributed by atoms with Gasteiger partial charge in [-0.1, -0.05) is 18.2 Å². The Labute approximate surface area is 128 Å². The number of rotatable bonds is 3. The van der Waals surface area contributed by atoms with Gasteiger partial charge in [0.25, 0.3) is 0 Å². The Kier molecular flexibility index (Phi) is 3.84. The highest BCUT2D eigenvalue weighted by Gasteiger charge is 2.37. The second-order valence-electron chi connectivity index (χ2n) is 5.33. The third-order valence-corrected chi connectivity index (χ3v) is 5.78. The van der Waals surface area contributed by atoms with Crippen LogP contribution in [0.1, 0.15) is 19.3 Å². The van der Waals surface area contributed by atoms with E-state index < -0.39 is 22.0 Å². The maximum Gasteiger partial charge on any atom is 0.322 e. The monoisotopic (exact) mass is 320 g/mol. The van der Waals surface area contributed by atoms with Gasteiger partial charge in [-0.15, -0.1) is 0 Å². The van der Waals surface area contributed by atoms with Crippen LogP contribution >= 0.6 is 0 Å². The number of carboxylic acids is 1. The second kappa shape index (κ2) is 5.66. The predicted octanol–water partition coefficient (Wildman–Crippen LogP) is 1.86. The Morgan fingerprint density at radius 1 is 1.27 bits per heavy atom. The number of nitrogens with zero attached hydrogens (tertiary/aromatic N) is 2. The molecule has 2 heterocycles. The Hall–Kier alpha value is -1.99. The van der Waals surface area contributed by atoms with Crippen LogP contribution < -0.4 is 0 Å². The molecule has 1 atom stereocenters. The minimum Gasteiger partial charge on any atom is -0.480 e. The summed E-state index contributed by atoms with van der Waals surface area (Å²) < 4.78 is 26.6. The molecule has 0 spiro atoms. The molecular formula is C15H16N2O4S. The Balaban J connectivity index is 2.04. The van der Waals surface area contributed by atoms with Crippen molar-refractivity contribution in [2.45, 2.75) is 30.2 Å². The number of sulfonamides is 1. The van der Waals surface area contributed by atoms with E-state index in [0.29, 0.717) is 23.7 Å². The van der Waals surface area contributed by atoms with Crippen molar-refractivity contribution >= 4 is 26.9 Å². The fourth-order valence-electron chi connectivity index (χ4n) is 2.77. The first kappa shape index (κ1) is 14.9. The Morgan fingerprint density at radius 3 is 2.82 bits per heavy atom. The number of para-hydroxylation sites is 1. The molecule has 0 saturated carbocycles. The zero-order valence-corrected chi connectivity index (χ0v) is 12.7. The third-order valence-electron chi connectivity index (χ3n) is 3.91. The zero-order valence-electron chi connectivity index (χ0n) is 11.8. The van der Waals surface area contributed by atoms with Gasteiger partial charge in [-0.3, -0.25) is 9.78 Å². The minimum absolute atomic E-state index is 0.0411. The first-order chi connectivity index (χ1) is 10.5. The van der Waals surface area contributed by atoms with E-state index in [1.807, 2.05) is 6.07 Å². The van der Waals surface area contributed by atoms with Crippen LogP contribution in [0, 0.1) is 0 Å². The summed E-state index contributed by atoms with van der Waals surface area (Å²) >= 11 is 0. The zero-order chi connectivity index (χ0) is 15.7. The normalized spacial score (nSPS) is 20.1. The summed E-state index contributed by atoms with van der Waals surface area (Å²) in [5.74, 6) is -1.10. The maximum atomic E-state index is 12.8. The largest absolute Gasteiger partial charge is 0.480 e. The van der Waals surface area contributed by atoms with Crippen LogP contribution in [0.2, 0.25) is 0 Å². The lowest BCUT2D eigenvalue weighted by Crippen LogP contribution is -2.47. The van der Waals surface area contributed by atoms with E-state index in [2.05, 4.69) is 4.98 Å². The molecule has 1 N–H and O–H groups in total. The molecule has 0 unspecified atom stereocenters. The molecule has 1 fully saturated rings.